The second kappa shape index (κ2) is 13.1. The molecule has 0 aliphatic carbocycles. The molecule has 0 bridgehead atoms. The maximum atomic E-state index is 13.9. The van der Waals surface area contributed by atoms with E-state index in [1.54, 1.807) is 39.8 Å². The number of nitrogens with zero attached hydrogens (tertiary/aromatic N) is 2. The van der Waals surface area contributed by atoms with E-state index in [1.807, 2.05) is 0 Å². The van der Waals surface area contributed by atoms with Gasteiger partial charge < -0.3 is 15.0 Å². The van der Waals surface area contributed by atoms with Crippen molar-refractivity contribution in [3.63, 3.8) is 0 Å². The van der Waals surface area contributed by atoms with Crippen LogP contribution in [0.1, 0.15) is 33.3 Å². The first-order valence-corrected chi connectivity index (χ1v) is 14.8. The smallest absolute Gasteiger partial charge is 0.264 e. The number of nitrogens with one attached hydrogen (secondary N) is 1. The average Bonchev–Trinajstić information content (AvgIpc) is 2.90. The molecule has 0 aromatic heterocycles. The van der Waals surface area contributed by atoms with E-state index in [9.17, 15) is 22.4 Å². The molecule has 41 heavy (non-hydrogen) atoms. The van der Waals surface area contributed by atoms with Crippen LogP contribution in [0.4, 0.5) is 10.1 Å². The van der Waals surface area contributed by atoms with Crippen LogP contribution in [0, 0.1) is 5.82 Å². The average molecular weight is 625 g/mol. The van der Waals surface area contributed by atoms with Gasteiger partial charge in [-0.05, 0) is 93.9 Å². The Morgan fingerprint density at radius 1 is 1.00 bits per heavy atom. The van der Waals surface area contributed by atoms with E-state index in [1.165, 1.54) is 54.5 Å². The molecule has 0 saturated carbocycles. The maximum absolute atomic E-state index is 13.9. The maximum Gasteiger partial charge on any atom is 0.264 e. The summed E-state index contributed by atoms with van der Waals surface area (Å²) in [6.07, 6.45) is 0. The molecule has 0 radical (unpaired) electrons. The normalized spacial score (nSPS) is 12.4. The molecular formula is C29H32Cl2FN3O5S. The van der Waals surface area contributed by atoms with Crippen molar-refractivity contribution in [2.45, 2.75) is 50.7 Å². The van der Waals surface area contributed by atoms with Gasteiger partial charge in [0.15, 0.2) is 0 Å². The molecule has 8 nitrogen and oxygen atoms in total. The van der Waals surface area contributed by atoms with E-state index in [0.29, 0.717) is 16.3 Å². The summed E-state index contributed by atoms with van der Waals surface area (Å²) in [7, 11) is -2.87. The minimum atomic E-state index is -4.32. The van der Waals surface area contributed by atoms with E-state index >= 15 is 0 Å². The molecule has 0 spiro atoms. The Kier molecular flexibility index (Phi) is 10.3. The highest BCUT2D eigenvalue weighted by molar-refractivity contribution is 7.92. The third kappa shape index (κ3) is 8.34. The summed E-state index contributed by atoms with van der Waals surface area (Å²) in [5.41, 5.74) is -0.0199. The Morgan fingerprint density at radius 3 is 2.15 bits per heavy atom. The minimum absolute atomic E-state index is 0.0619. The molecule has 0 fully saturated rings. The highest BCUT2D eigenvalue weighted by Gasteiger charge is 2.33. The Labute approximate surface area is 250 Å². The molecule has 0 heterocycles. The van der Waals surface area contributed by atoms with E-state index in [4.69, 9.17) is 27.9 Å². The van der Waals surface area contributed by atoms with Gasteiger partial charge in [0.2, 0.25) is 11.8 Å². The summed E-state index contributed by atoms with van der Waals surface area (Å²) in [5, 5.41) is 3.52. The lowest BCUT2D eigenvalue weighted by Gasteiger charge is -2.33. The van der Waals surface area contributed by atoms with Gasteiger partial charge in [-0.2, -0.15) is 0 Å². The fourth-order valence-corrected chi connectivity index (χ4v) is 5.78. The van der Waals surface area contributed by atoms with Crippen molar-refractivity contribution in [2.24, 2.45) is 0 Å². The lowest BCUT2D eigenvalue weighted by molar-refractivity contribution is -0.140. The number of benzene rings is 3. The fourth-order valence-electron chi connectivity index (χ4n) is 3.90. The first-order valence-electron chi connectivity index (χ1n) is 12.6. The molecule has 1 N–H and O–H groups in total. The molecule has 1 unspecified atom stereocenters. The first-order chi connectivity index (χ1) is 19.1. The number of methoxy groups -OCH3 is 1. The van der Waals surface area contributed by atoms with Crippen LogP contribution < -0.4 is 14.4 Å². The van der Waals surface area contributed by atoms with Gasteiger partial charge in [-0.1, -0.05) is 29.3 Å². The van der Waals surface area contributed by atoms with Gasteiger partial charge in [-0.15, -0.1) is 0 Å². The molecule has 0 aliphatic rings. The summed E-state index contributed by atoms with van der Waals surface area (Å²) in [6.45, 7) is 6.17. The van der Waals surface area contributed by atoms with Crippen molar-refractivity contribution in [3.8, 4) is 5.75 Å². The summed E-state index contributed by atoms with van der Waals surface area (Å²) in [5.74, 6) is -1.26. The van der Waals surface area contributed by atoms with Crippen molar-refractivity contribution in [1.82, 2.24) is 10.2 Å². The summed E-state index contributed by atoms with van der Waals surface area (Å²) in [4.78, 5) is 28.2. The standard InChI is InChI=1S/C29H32Cl2FN3O5S/c1-19(28(37)33-29(2,3)4)34(17-20-6-7-21(30)16-26(20)31)27(36)18-35(23-10-8-22(32)9-11-23)41(38,39)25-14-12-24(40-5)13-15-25/h6-16,19H,17-18H2,1-5H3,(H,33,37). The first kappa shape index (κ1) is 32.2. The second-order valence-electron chi connectivity index (χ2n) is 10.3. The van der Waals surface area contributed by atoms with Crippen LogP contribution in [0.15, 0.2) is 71.6 Å². The van der Waals surface area contributed by atoms with Crippen LogP contribution in [0.2, 0.25) is 10.0 Å². The Bertz CT molecular complexity index is 1490. The van der Waals surface area contributed by atoms with Crippen LogP contribution in [-0.2, 0) is 26.2 Å². The third-order valence-electron chi connectivity index (χ3n) is 6.06. The summed E-state index contributed by atoms with van der Waals surface area (Å²) in [6, 6.07) is 14.1. The zero-order valence-electron chi connectivity index (χ0n) is 23.3. The van der Waals surface area contributed by atoms with Crippen molar-refractivity contribution in [2.75, 3.05) is 18.0 Å². The van der Waals surface area contributed by atoms with Crippen molar-refractivity contribution in [1.29, 1.82) is 0 Å². The van der Waals surface area contributed by atoms with Gasteiger partial charge >= 0.3 is 0 Å². The number of ether oxygens (including phenoxy) is 1. The second-order valence-corrected chi connectivity index (χ2v) is 13.0. The lowest BCUT2D eigenvalue weighted by Crippen LogP contribution is -2.54. The van der Waals surface area contributed by atoms with Crippen molar-refractivity contribution >= 4 is 50.7 Å². The van der Waals surface area contributed by atoms with Gasteiger partial charge in [0.05, 0.1) is 17.7 Å². The SMILES string of the molecule is COc1ccc(S(=O)(=O)N(CC(=O)N(Cc2ccc(Cl)cc2Cl)C(C)C(=O)NC(C)(C)C)c2ccc(F)cc2)cc1. The summed E-state index contributed by atoms with van der Waals surface area (Å²) >= 11 is 12.4. The number of anilines is 1. The highest BCUT2D eigenvalue weighted by Crippen LogP contribution is 2.27. The Hall–Kier alpha value is -3.34. The number of amides is 2. The van der Waals surface area contributed by atoms with Crippen molar-refractivity contribution in [3.05, 3.63) is 88.2 Å². The molecule has 220 valence electrons. The zero-order valence-corrected chi connectivity index (χ0v) is 25.6. The largest absolute Gasteiger partial charge is 0.497 e. The predicted octanol–water partition coefficient (Wildman–Crippen LogP) is 5.67. The number of hydrogen-bond donors (Lipinski definition) is 1. The molecule has 0 saturated heterocycles. The number of rotatable bonds is 10. The quantitative estimate of drug-likeness (QED) is 0.314. The zero-order chi connectivity index (χ0) is 30.5. The monoisotopic (exact) mass is 623 g/mol. The van der Waals surface area contributed by atoms with Crippen LogP contribution in [0.5, 0.6) is 5.75 Å². The highest BCUT2D eigenvalue weighted by atomic mass is 35.5. The molecule has 3 rings (SSSR count). The van der Waals surface area contributed by atoms with E-state index in [-0.39, 0.29) is 22.2 Å². The molecule has 3 aromatic carbocycles. The number of carbonyl (C=O) groups is 2. The lowest BCUT2D eigenvalue weighted by atomic mass is 10.1. The topological polar surface area (TPSA) is 96.0 Å². The predicted molar refractivity (Wildman–Crippen MR) is 158 cm³/mol. The molecule has 2 amide bonds. The molecule has 0 aliphatic heterocycles. The number of sulfonamides is 1. The number of halogens is 3. The van der Waals surface area contributed by atoms with Crippen LogP contribution in [0.25, 0.3) is 0 Å². The van der Waals surface area contributed by atoms with E-state index in [2.05, 4.69) is 5.32 Å². The third-order valence-corrected chi connectivity index (χ3v) is 8.44. The van der Waals surface area contributed by atoms with Gasteiger partial charge in [0, 0.05) is 22.1 Å². The van der Waals surface area contributed by atoms with E-state index in [0.717, 1.165) is 16.4 Å². The molecule has 1 atom stereocenters. The summed E-state index contributed by atoms with van der Waals surface area (Å²) < 4.78 is 47.4. The number of hydrogen-bond acceptors (Lipinski definition) is 5. The number of carbonyl (C=O) groups excluding carboxylic acids is 2. The Balaban J connectivity index is 2.05. The molecule has 3 aromatic rings. The fraction of sp³-hybridized carbons (Fsp3) is 0.310. The van der Waals surface area contributed by atoms with Gasteiger partial charge in [0.1, 0.15) is 24.2 Å². The molecule has 12 heteroatoms. The van der Waals surface area contributed by atoms with Gasteiger partial charge in [0.25, 0.3) is 10.0 Å². The van der Waals surface area contributed by atoms with Crippen LogP contribution in [-0.4, -0.2) is 50.4 Å². The van der Waals surface area contributed by atoms with Crippen molar-refractivity contribution < 1.29 is 27.1 Å². The van der Waals surface area contributed by atoms with Crippen LogP contribution >= 0.6 is 23.2 Å². The minimum Gasteiger partial charge on any atom is -0.497 e. The Morgan fingerprint density at radius 2 is 1.61 bits per heavy atom. The van der Waals surface area contributed by atoms with Crippen LogP contribution in [0.3, 0.4) is 0 Å². The molecular weight excluding hydrogens is 592 g/mol. The van der Waals surface area contributed by atoms with Gasteiger partial charge in [-0.25, -0.2) is 12.8 Å². The van der Waals surface area contributed by atoms with Gasteiger partial charge in [-0.3, -0.25) is 13.9 Å². The van der Waals surface area contributed by atoms with E-state index < -0.39 is 45.8 Å².